The second-order valence-corrected chi connectivity index (χ2v) is 7.47. The lowest BCUT2D eigenvalue weighted by molar-refractivity contribution is -0.159. The molecule has 0 radical (unpaired) electrons. The van der Waals surface area contributed by atoms with Gasteiger partial charge >= 0.3 is 0 Å². The van der Waals surface area contributed by atoms with Crippen molar-refractivity contribution in [2.24, 2.45) is 0 Å². The number of hydrogen-bond acceptors (Lipinski definition) is 3. The van der Waals surface area contributed by atoms with Gasteiger partial charge in [0.05, 0.1) is 5.70 Å². The second kappa shape index (κ2) is 13.1. The maximum Gasteiger partial charge on any atom is 0.287 e. The summed E-state index contributed by atoms with van der Waals surface area (Å²) in [6, 6.07) is 0. The fourth-order valence-corrected chi connectivity index (χ4v) is 3.48. The number of aliphatic hydroxyl groups excluding tert-OH is 1. The molecular weight excluding hydrogens is 331 g/mol. The van der Waals surface area contributed by atoms with E-state index in [1.165, 1.54) is 49.8 Å². The minimum atomic E-state index is -1.03. The van der Waals surface area contributed by atoms with E-state index < -0.39 is 18.1 Å². The molecule has 5 heteroatoms. The van der Waals surface area contributed by atoms with E-state index in [9.17, 15) is 14.3 Å². The summed E-state index contributed by atoms with van der Waals surface area (Å²) in [5.74, 6) is -1.38. The van der Waals surface area contributed by atoms with Crippen LogP contribution < -0.4 is 0 Å². The van der Waals surface area contributed by atoms with E-state index in [1.54, 1.807) is 11.8 Å². The molecule has 0 aromatic rings. The molecule has 0 aromatic heterocycles. The minimum absolute atomic E-state index is 0.273. The van der Waals surface area contributed by atoms with Crippen LogP contribution in [0.25, 0.3) is 0 Å². The van der Waals surface area contributed by atoms with Crippen LogP contribution in [0.5, 0.6) is 0 Å². The molecule has 0 aromatic carbocycles. The highest BCUT2D eigenvalue weighted by Crippen LogP contribution is 2.26. The van der Waals surface area contributed by atoms with E-state index in [0.717, 1.165) is 32.1 Å². The van der Waals surface area contributed by atoms with Gasteiger partial charge in [0, 0.05) is 13.1 Å². The van der Waals surface area contributed by atoms with Crippen LogP contribution >= 0.6 is 0 Å². The van der Waals surface area contributed by atoms with Gasteiger partial charge in [0.25, 0.3) is 5.91 Å². The predicted octanol–water partition coefficient (Wildman–Crippen LogP) is 5.33. The largest absolute Gasteiger partial charge is 0.356 e. The third kappa shape index (κ3) is 7.26. The molecule has 1 aliphatic rings. The lowest BCUT2D eigenvalue weighted by Crippen LogP contribution is -2.55. The highest BCUT2D eigenvalue weighted by molar-refractivity contribution is 5.92. The van der Waals surface area contributed by atoms with Crippen molar-refractivity contribution >= 4 is 5.91 Å². The Morgan fingerprint density at radius 1 is 0.808 bits per heavy atom. The summed E-state index contributed by atoms with van der Waals surface area (Å²) in [5.41, 5.74) is 0.273. The molecule has 1 unspecified atom stereocenters. The summed E-state index contributed by atoms with van der Waals surface area (Å²) < 4.78 is 14.3. The number of carbonyl (C=O) groups is 1. The van der Waals surface area contributed by atoms with Crippen molar-refractivity contribution < 1.29 is 14.3 Å². The molecule has 26 heavy (non-hydrogen) atoms. The average molecular weight is 371 g/mol. The first-order valence-corrected chi connectivity index (χ1v) is 10.7. The number of carbonyl (C=O) groups excluding carboxylic acids is 1. The Morgan fingerprint density at radius 2 is 1.23 bits per heavy atom. The minimum Gasteiger partial charge on any atom is -0.356 e. The van der Waals surface area contributed by atoms with Gasteiger partial charge < -0.3 is 10.0 Å². The maximum atomic E-state index is 14.3. The number of amides is 1. The van der Waals surface area contributed by atoms with Gasteiger partial charge in [0.15, 0.2) is 0 Å². The Bertz CT molecular complexity index is 440. The van der Waals surface area contributed by atoms with Gasteiger partial charge in [0.2, 0.25) is 12.2 Å². The predicted molar refractivity (Wildman–Crippen MR) is 105 cm³/mol. The van der Waals surface area contributed by atoms with E-state index >= 15 is 0 Å². The molecule has 4 nitrogen and oxygen atoms in total. The van der Waals surface area contributed by atoms with Crippen LogP contribution in [0.3, 0.4) is 0 Å². The first kappa shape index (κ1) is 22.9. The van der Waals surface area contributed by atoms with Crippen LogP contribution in [0.1, 0.15) is 97.8 Å². The first-order valence-electron chi connectivity index (χ1n) is 10.7. The molecule has 1 rings (SSSR count). The highest BCUT2D eigenvalue weighted by Gasteiger charge is 2.36. The summed E-state index contributed by atoms with van der Waals surface area (Å²) in [7, 11) is 0. The molecule has 1 heterocycles. The van der Waals surface area contributed by atoms with Crippen molar-refractivity contribution in [3.63, 3.8) is 0 Å². The number of rotatable bonds is 14. The standard InChI is InChI=1S/C21H39FN2O2/c1-4-6-8-10-12-14-16-23-18(3)19(22)20(25)24(21(23)26)17-15-13-11-9-7-5-2/h21,26H,4-17H2,1-3H3. The van der Waals surface area contributed by atoms with E-state index in [-0.39, 0.29) is 5.70 Å². The molecule has 1 amide bonds. The van der Waals surface area contributed by atoms with Crippen molar-refractivity contribution in [1.29, 1.82) is 0 Å². The van der Waals surface area contributed by atoms with E-state index in [2.05, 4.69) is 13.8 Å². The smallest absolute Gasteiger partial charge is 0.287 e. The zero-order chi connectivity index (χ0) is 19.4. The SMILES string of the molecule is CCCCCCCCN1C(=O)C(F)=C(C)N(CCCCCCCC)C1O. The topological polar surface area (TPSA) is 43.8 Å². The molecule has 0 bridgehead atoms. The van der Waals surface area contributed by atoms with Crippen molar-refractivity contribution in [3.8, 4) is 0 Å². The van der Waals surface area contributed by atoms with E-state index in [0.29, 0.717) is 13.1 Å². The number of halogens is 1. The quantitative estimate of drug-likeness (QED) is 0.420. The second-order valence-electron chi connectivity index (χ2n) is 7.47. The molecule has 0 fully saturated rings. The van der Waals surface area contributed by atoms with Gasteiger partial charge in [-0.05, 0) is 19.8 Å². The number of hydrogen-bond donors (Lipinski definition) is 1. The number of unbranched alkanes of at least 4 members (excludes halogenated alkanes) is 10. The summed E-state index contributed by atoms with van der Waals surface area (Å²) in [5, 5.41) is 10.6. The van der Waals surface area contributed by atoms with Crippen molar-refractivity contribution in [2.45, 2.75) is 104 Å². The van der Waals surface area contributed by atoms with Crippen molar-refractivity contribution in [1.82, 2.24) is 9.80 Å². The van der Waals surface area contributed by atoms with Gasteiger partial charge in [-0.2, -0.15) is 4.39 Å². The van der Waals surface area contributed by atoms with E-state index in [4.69, 9.17) is 0 Å². The van der Waals surface area contributed by atoms with Crippen LogP contribution in [0.4, 0.5) is 4.39 Å². The Morgan fingerprint density at radius 3 is 1.73 bits per heavy atom. The van der Waals surface area contributed by atoms with Crippen LogP contribution in [-0.4, -0.2) is 40.3 Å². The maximum absolute atomic E-state index is 14.3. The lowest BCUT2D eigenvalue weighted by Gasteiger charge is -2.41. The van der Waals surface area contributed by atoms with Crippen LogP contribution in [0.2, 0.25) is 0 Å². The summed E-state index contributed by atoms with van der Waals surface area (Å²) in [6.07, 6.45) is 12.4. The van der Waals surface area contributed by atoms with Gasteiger partial charge in [-0.1, -0.05) is 78.1 Å². The van der Waals surface area contributed by atoms with Gasteiger partial charge in [-0.15, -0.1) is 0 Å². The third-order valence-corrected chi connectivity index (χ3v) is 5.26. The van der Waals surface area contributed by atoms with Crippen molar-refractivity contribution in [3.05, 3.63) is 11.5 Å². The molecule has 1 N–H and O–H groups in total. The summed E-state index contributed by atoms with van der Waals surface area (Å²) in [6.45, 7) is 6.97. The average Bonchev–Trinajstić information content (AvgIpc) is 2.64. The van der Waals surface area contributed by atoms with Gasteiger partial charge in [0.1, 0.15) is 0 Å². The zero-order valence-electron chi connectivity index (χ0n) is 17.1. The van der Waals surface area contributed by atoms with Gasteiger partial charge in [-0.25, -0.2) is 0 Å². The fourth-order valence-electron chi connectivity index (χ4n) is 3.48. The highest BCUT2D eigenvalue weighted by atomic mass is 19.1. The first-order chi connectivity index (χ1) is 12.5. The molecule has 0 spiro atoms. The summed E-state index contributed by atoms with van der Waals surface area (Å²) >= 11 is 0. The fraction of sp³-hybridized carbons (Fsp3) is 0.857. The molecule has 0 saturated carbocycles. The molecule has 1 atom stereocenters. The zero-order valence-corrected chi connectivity index (χ0v) is 17.1. The summed E-state index contributed by atoms with van der Waals surface area (Å²) in [4.78, 5) is 15.1. The molecular formula is C21H39FN2O2. The van der Waals surface area contributed by atoms with Crippen molar-refractivity contribution in [2.75, 3.05) is 13.1 Å². The molecule has 1 aliphatic heterocycles. The van der Waals surface area contributed by atoms with Crippen LogP contribution in [0.15, 0.2) is 11.5 Å². The third-order valence-electron chi connectivity index (χ3n) is 5.26. The monoisotopic (exact) mass is 370 g/mol. The Balaban J connectivity index is 2.48. The molecule has 0 aliphatic carbocycles. The molecule has 0 saturated heterocycles. The lowest BCUT2D eigenvalue weighted by atomic mass is 10.1. The van der Waals surface area contributed by atoms with Crippen LogP contribution in [0, 0.1) is 0 Å². The Kier molecular flexibility index (Phi) is 11.6. The Hall–Kier alpha value is -1.10. The number of nitrogens with zero attached hydrogens (tertiary/aromatic N) is 2. The van der Waals surface area contributed by atoms with E-state index in [1.807, 2.05) is 0 Å². The normalized spacial score (nSPS) is 18.2. The molecule has 152 valence electrons. The Labute approximate surface area is 159 Å². The van der Waals surface area contributed by atoms with Crippen LogP contribution in [-0.2, 0) is 4.79 Å². The number of allylic oxidation sites excluding steroid dienone is 1. The number of aliphatic hydroxyl groups is 1. The van der Waals surface area contributed by atoms with Gasteiger partial charge in [-0.3, -0.25) is 9.69 Å².